The number of anilines is 2. The number of nitrogens with zero attached hydrogens (tertiary/aromatic N) is 2. The molecule has 0 saturated carbocycles. The normalized spacial score (nSPS) is 19.3. The van der Waals surface area contributed by atoms with Gasteiger partial charge >= 0.3 is 6.03 Å². The molecule has 1 aliphatic rings. The summed E-state index contributed by atoms with van der Waals surface area (Å²) in [6.45, 7) is 6.55. The van der Waals surface area contributed by atoms with Gasteiger partial charge in [0.25, 0.3) is 5.91 Å². The average molecular weight is 695 g/mol. The van der Waals surface area contributed by atoms with E-state index >= 15 is 0 Å². The number of aliphatic hydroxyl groups is 1. The average Bonchev–Trinajstić information content (AvgIpc) is 3.13. The minimum atomic E-state index is -0.525. The Morgan fingerprint density at radius 3 is 2.49 bits per heavy atom. The summed E-state index contributed by atoms with van der Waals surface area (Å²) in [5, 5.41) is 18.3. The Balaban J connectivity index is 1.37. The van der Waals surface area contributed by atoms with Crippen molar-refractivity contribution >= 4 is 40.0 Å². The lowest BCUT2D eigenvalue weighted by molar-refractivity contribution is -0.115. The largest absolute Gasteiger partial charge is 0.490 e. The van der Waals surface area contributed by atoms with Crippen LogP contribution in [-0.2, 0) is 16.0 Å². The highest BCUT2D eigenvalue weighted by Crippen LogP contribution is 2.29. The first kappa shape index (κ1) is 37.3. The lowest BCUT2D eigenvalue weighted by Gasteiger charge is -2.35. The summed E-state index contributed by atoms with van der Waals surface area (Å²) in [5.41, 5.74) is 2.38. The summed E-state index contributed by atoms with van der Waals surface area (Å²) < 4.78 is 12.8. The summed E-state index contributed by atoms with van der Waals surface area (Å²) in [6.07, 6.45) is 2.02. The van der Waals surface area contributed by atoms with E-state index < -0.39 is 12.1 Å². The van der Waals surface area contributed by atoms with Crippen LogP contribution in [0.15, 0.2) is 91.0 Å². The number of hydrogen-bond donors (Lipinski definition) is 3. The molecular formula is C41H50N4O6. The summed E-state index contributed by atoms with van der Waals surface area (Å²) in [7, 11) is 1.74. The van der Waals surface area contributed by atoms with Crippen molar-refractivity contribution in [1.82, 2.24) is 9.80 Å². The van der Waals surface area contributed by atoms with E-state index in [0.717, 1.165) is 41.3 Å². The number of nitrogens with one attached hydrogen (secondary N) is 2. The van der Waals surface area contributed by atoms with Crippen LogP contribution in [0, 0.1) is 5.92 Å². The number of hydrogen-bond acceptors (Lipinski definition) is 6. The van der Waals surface area contributed by atoms with Crippen molar-refractivity contribution in [3.8, 4) is 5.75 Å². The first-order valence-corrected chi connectivity index (χ1v) is 17.8. The van der Waals surface area contributed by atoms with Gasteiger partial charge < -0.3 is 35.0 Å². The molecule has 5 rings (SSSR count). The second kappa shape index (κ2) is 17.8. The molecule has 0 fully saturated rings. The van der Waals surface area contributed by atoms with Gasteiger partial charge in [0.1, 0.15) is 5.75 Å². The quantitative estimate of drug-likeness (QED) is 0.183. The molecule has 1 aliphatic heterocycles. The van der Waals surface area contributed by atoms with Crippen molar-refractivity contribution in [3.05, 3.63) is 102 Å². The Morgan fingerprint density at radius 2 is 1.71 bits per heavy atom. The van der Waals surface area contributed by atoms with E-state index in [1.807, 2.05) is 86.6 Å². The van der Waals surface area contributed by atoms with Gasteiger partial charge in [-0.05, 0) is 68.3 Å². The van der Waals surface area contributed by atoms with E-state index in [1.165, 1.54) is 0 Å². The molecular weight excluding hydrogens is 644 g/mol. The van der Waals surface area contributed by atoms with Crippen LogP contribution in [0.3, 0.4) is 0 Å². The van der Waals surface area contributed by atoms with E-state index in [0.29, 0.717) is 30.2 Å². The summed E-state index contributed by atoms with van der Waals surface area (Å²) in [4.78, 5) is 44.1. The lowest BCUT2D eigenvalue weighted by Crippen LogP contribution is -2.48. The van der Waals surface area contributed by atoms with Gasteiger partial charge in [-0.1, -0.05) is 73.7 Å². The van der Waals surface area contributed by atoms with Gasteiger partial charge in [-0.2, -0.15) is 0 Å². The molecule has 4 aromatic rings. The van der Waals surface area contributed by atoms with Crippen LogP contribution in [0.4, 0.5) is 16.2 Å². The number of benzene rings is 4. The summed E-state index contributed by atoms with van der Waals surface area (Å²) in [6, 6.07) is 27.5. The fraction of sp³-hybridized carbons (Fsp3) is 0.390. The van der Waals surface area contributed by atoms with Crippen molar-refractivity contribution in [2.75, 3.05) is 44.0 Å². The van der Waals surface area contributed by atoms with Crippen LogP contribution in [0.5, 0.6) is 5.75 Å². The number of aliphatic hydroxyl groups excluding tert-OH is 1. The van der Waals surface area contributed by atoms with Gasteiger partial charge in [0.05, 0.1) is 42.5 Å². The number of ether oxygens (including phenoxy) is 2. The molecule has 0 radical (unpaired) electrons. The number of likely N-dealkylation sites (N-methyl/N-ethyl adjacent to an activating group) is 1. The number of rotatable bonds is 8. The second-order valence-electron chi connectivity index (χ2n) is 13.6. The maximum absolute atomic E-state index is 14.4. The zero-order valence-corrected chi connectivity index (χ0v) is 30.0. The van der Waals surface area contributed by atoms with E-state index in [-0.39, 0.29) is 49.4 Å². The number of fused-ring (bicyclic) bond motifs is 2. The molecule has 3 N–H and O–H groups in total. The number of urea groups is 1. The van der Waals surface area contributed by atoms with Gasteiger partial charge in [0.2, 0.25) is 5.91 Å². The molecule has 4 amide bonds. The molecule has 0 bridgehead atoms. The topological polar surface area (TPSA) is 120 Å². The van der Waals surface area contributed by atoms with Crippen molar-refractivity contribution in [1.29, 1.82) is 0 Å². The molecule has 51 heavy (non-hydrogen) atoms. The lowest BCUT2D eigenvalue weighted by atomic mass is 10.0. The van der Waals surface area contributed by atoms with Crippen LogP contribution in [0.1, 0.15) is 56.0 Å². The molecule has 0 spiro atoms. The van der Waals surface area contributed by atoms with E-state index in [2.05, 4.69) is 10.6 Å². The predicted octanol–water partition coefficient (Wildman–Crippen LogP) is 6.98. The van der Waals surface area contributed by atoms with Crippen LogP contribution in [0.25, 0.3) is 10.8 Å². The maximum Gasteiger partial charge on any atom is 0.321 e. The zero-order chi connectivity index (χ0) is 36.3. The Labute approximate surface area is 300 Å². The van der Waals surface area contributed by atoms with Crippen molar-refractivity contribution in [2.24, 2.45) is 5.92 Å². The third-order valence-corrected chi connectivity index (χ3v) is 9.37. The van der Waals surface area contributed by atoms with Crippen LogP contribution >= 0.6 is 0 Å². The van der Waals surface area contributed by atoms with E-state index in [4.69, 9.17) is 9.47 Å². The minimum Gasteiger partial charge on any atom is -0.490 e. The molecule has 10 nitrogen and oxygen atoms in total. The molecule has 270 valence electrons. The highest BCUT2D eigenvalue weighted by atomic mass is 16.5. The Morgan fingerprint density at radius 1 is 0.961 bits per heavy atom. The molecule has 0 unspecified atom stereocenters. The van der Waals surface area contributed by atoms with Crippen molar-refractivity contribution in [3.63, 3.8) is 0 Å². The van der Waals surface area contributed by atoms with Crippen LogP contribution in [-0.4, -0.2) is 84.4 Å². The molecule has 1 heterocycles. The number of amides is 4. The van der Waals surface area contributed by atoms with Gasteiger partial charge in [0.15, 0.2) is 0 Å². The van der Waals surface area contributed by atoms with E-state index in [9.17, 15) is 19.5 Å². The number of carbonyl (C=O) groups is 3. The standard InChI is InChI=1S/C41H50N4O6/c1-28-25-45(29(2)27-46)40(48)35-24-33(42-39(47)23-31-14-6-5-7-15-31)20-21-37(35)51-30(3)13-10-11-22-50-38(28)26-44(4)41(49)43-36-19-12-17-32-16-8-9-18-34(32)36/h5-9,12,14-21,24,28-30,38,46H,10-11,13,22-23,25-27H2,1-4H3,(H,42,47)(H,43,49)/t28-,29+,30+,38+/m0/s1. The first-order chi connectivity index (χ1) is 24.6. The third-order valence-electron chi connectivity index (χ3n) is 9.37. The third kappa shape index (κ3) is 10.1. The SMILES string of the molecule is C[C@@H]1CCCCO[C@H](CN(C)C(=O)Nc2cccc3ccccc23)[C@@H](C)CN([C@H](C)CO)C(=O)c2cc(NC(=O)Cc3ccccc3)ccc2O1. The van der Waals surface area contributed by atoms with Gasteiger partial charge in [-0.3, -0.25) is 9.59 Å². The van der Waals surface area contributed by atoms with Gasteiger partial charge in [0, 0.05) is 43.7 Å². The molecule has 0 saturated heterocycles. The Hall–Kier alpha value is -4.93. The summed E-state index contributed by atoms with van der Waals surface area (Å²) >= 11 is 0. The predicted molar refractivity (Wildman–Crippen MR) is 201 cm³/mol. The fourth-order valence-electron chi connectivity index (χ4n) is 6.35. The van der Waals surface area contributed by atoms with Crippen molar-refractivity contribution in [2.45, 2.75) is 64.7 Å². The maximum atomic E-state index is 14.4. The van der Waals surface area contributed by atoms with Gasteiger partial charge in [-0.25, -0.2) is 4.79 Å². The van der Waals surface area contributed by atoms with Crippen LogP contribution in [0.2, 0.25) is 0 Å². The fourth-order valence-corrected chi connectivity index (χ4v) is 6.35. The Bertz CT molecular complexity index is 1780. The molecule has 0 aromatic heterocycles. The minimum absolute atomic E-state index is 0.180. The zero-order valence-electron chi connectivity index (χ0n) is 30.0. The Kier molecular flexibility index (Phi) is 13.0. The highest BCUT2D eigenvalue weighted by molar-refractivity contribution is 6.02. The van der Waals surface area contributed by atoms with E-state index in [1.54, 1.807) is 42.0 Å². The van der Waals surface area contributed by atoms with Crippen molar-refractivity contribution < 1.29 is 29.0 Å². The highest BCUT2D eigenvalue weighted by Gasteiger charge is 2.31. The molecule has 10 heteroatoms. The second-order valence-corrected chi connectivity index (χ2v) is 13.6. The van der Waals surface area contributed by atoms with Gasteiger partial charge in [-0.15, -0.1) is 0 Å². The summed E-state index contributed by atoms with van der Waals surface area (Å²) in [5.74, 6) is -0.323. The monoisotopic (exact) mass is 694 g/mol. The molecule has 4 aromatic carbocycles. The first-order valence-electron chi connectivity index (χ1n) is 17.8. The molecule has 4 atom stereocenters. The smallest absolute Gasteiger partial charge is 0.321 e. The van der Waals surface area contributed by atoms with Crippen LogP contribution < -0.4 is 15.4 Å². The number of carbonyl (C=O) groups excluding carboxylic acids is 3. The molecule has 0 aliphatic carbocycles.